The fourth-order valence-electron chi connectivity index (χ4n) is 1.31. The lowest BCUT2D eigenvalue weighted by Gasteiger charge is -2.14. The number of nitrogens with two attached hydrogens (primary N) is 1. The van der Waals surface area contributed by atoms with Crippen LogP contribution < -0.4 is 10.5 Å². The van der Waals surface area contributed by atoms with Crippen LogP contribution in [0.4, 0.5) is 4.39 Å². The molecule has 0 aromatic heterocycles. The molecule has 1 rings (SSSR count). The summed E-state index contributed by atoms with van der Waals surface area (Å²) in [6.45, 7) is 5.98. The summed E-state index contributed by atoms with van der Waals surface area (Å²) >= 11 is 0. The molecule has 1 unspecified atom stereocenters. The minimum Gasteiger partial charge on any atom is -0.494 e. The van der Waals surface area contributed by atoms with Crippen molar-refractivity contribution in [1.29, 1.82) is 0 Å². The average Bonchev–Trinajstić information content (AvgIpc) is 2.11. The van der Waals surface area contributed by atoms with Gasteiger partial charge in [0.05, 0.1) is 6.61 Å². The molecule has 0 aliphatic carbocycles. The van der Waals surface area contributed by atoms with Gasteiger partial charge < -0.3 is 10.5 Å². The number of ether oxygens (including phenoxy) is 1. The minimum atomic E-state index is -0.235. The maximum atomic E-state index is 13.2. The first kappa shape index (κ1) is 11.0. The monoisotopic (exact) mass is 197 g/mol. The fourth-order valence-corrected chi connectivity index (χ4v) is 1.31. The number of hydrogen-bond acceptors (Lipinski definition) is 2. The molecule has 0 fully saturated rings. The number of hydrogen-bond donors (Lipinski definition) is 1. The van der Waals surface area contributed by atoms with Crippen LogP contribution in [-0.4, -0.2) is 6.61 Å². The van der Waals surface area contributed by atoms with Gasteiger partial charge in [-0.3, -0.25) is 0 Å². The molecule has 3 heteroatoms. The molecule has 1 atom stereocenters. The molecule has 0 bridgehead atoms. The summed E-state index contributed by atoms with van der Waals surface area (Å²) in [5.41, 5.74) is 7.02. The van der Waals surface area contributed by atoms with Crippen molar-refractivity contribution in [2.24, 2.45) is 5.73 Å². The molecular formula is C11H16FNO. The summed E-state index contributed by atoms with van der Waals surface area (Å²) < 4.78 is 18.6. The lowest BCUT2D eigenvalue weighted by atomic mass is 10.1. The second-order valence-corrected chi connectivity index (χ2v) is 3.36. The smallest absolute Gasteiger partial charge is 0.126 e. The molecule has 0 amide bonds. The molecule has 0 radical (unpaired) electrons. The van der Waals surface area contributed by atoms with Crippen LogP contribution in [0.1, 0.15) is 31.0 Å². The molecule has 78 valence electrons. The number of rotatable bonds is 3. The minimum absolute atomic E-state index is 0.216. The number of benzene rings is 1. The molecule has 0 spiro atoms. The van der Waals surface area contributed by atoms with Crippen LogP contribution in [0.25, 0.3) is 0 Å². The Labute approximate surface area is 83.9 Å². The summed E-state index contributed by atoms with van der Waals surface area (Å²) in [7, 11) is 0. The van der Waals surface area contributed by atoms with Gasteiger partial charge in [-0.2, -0.15) is 0 Å². The Morgan fingerprint density at radius 1 is 1.50 bits per heavy atom. The van der Waals surface area contributed by atoms with Gasteiger partial charge in [-0.05, 0) is 38.5 Å². The highest BCUT2D eigenvalue weighted by atomic mass is 19.1. The van der Waals surface area contributed by atoms with Gasteiger partial charge >= 0.3 is 0 Å². The lowest BCUT2D eigenvalue weighted by Crippen LogP contribution is -2.09. The van der Waals surface area contributed by atoms with Crippen LogP contribution in [0.15, 0.2) is 12.1 Å². The Balaban J connectivity index is 3.17. The van der Waals surface area contributed by atoms with Crippen LogP contribution in [0.3, 0.4) is 0 Å². The fraction of sp³-hybridized carbons (Fsp3) is 0.455. The maximum Gasteiger partial charge on any atom is 0.126 e. The maximum absolute atomic E-state index is 13.2. The van der Waals surface area contributed by atoms with E-state index in [0.717, 1.165) is 5.56 Å². The average molecular weight is 197 g/mol. The molecule has 0 heterocycles. The molecule has 1 aromatic rings. The Morgan fingerprint density at radius 3 is 2.64 bits per heavy atom. The Bertz CT molecular complexity index is 323. The first-order valence-corrected chi connectivity index (χ1v) is 4.74. The molecule has 0 aliphatic rings. The Kier molecular flexibility index (Phi) is 3.47. The second-order valence-electron chi connectivity index (χ2n) is 3.36. The third kappa shape index (κ3) is 2.23. The van der Waals surface area contributed by atoms with Gasteiger partial charge in [0.15, 0.2) is 0 Å². The molecule has 1 aromatic carbocycles. The van der Waals surface area contributed by atoms with Crippen molar-refractivity contribution in [2.75, 3.05) is 6.61 Å². The molecule has 2 nitrogen and oxygen atoms in total. The highest BCUT2D eigenvalue weighted by molar-refractivity contribution is 5.39. The highest BCUT2D eigenvalue weighted by Crippen LogP contribution is 2.26. The zero-order chi connectivity index (χ0) is 10.7. The van der Waals surface area contributed by atoms with Crippen LogP contribution >= 0.6 is 0 Å². The van der Waals surface area contributed by atoms with Crippen LogP contribution in [0.2, 0.25) is 0 Å². The van der Waals surface area contributed by atoms with E-state index in [1.807, 2.05) is 13.8 Å². The summed E-state index contributed by atoms with van der Waals surface area (Å²) in [6, 6.07) is 2.93. The molecule has 0 saturated heterocycles. The summed E-state index contributed by atoms with van der Waals surface area (Å²) in [5, 5.41) is 0. The standard InChI is InChI=1S/C11H16FNO/c1-4-14-11-5-7(2)10(12)6-9(11)8(3)13/h5-6,8H,4,13H2,1-3H3. The van der Waals surface area contributed by atoms with Crippen molar-refractivity contribution < 1.29 is 9.13 Å². The molecule has 0 saturated carbocycles. The quantitative estimate of drug-likeness (QED) is 0.808. The van der Waals surface area contributed by atoms with Crippen LogP contribution in [0.5, 0.6) is 5.75 Å². The van der Waals surface area contributed by atoms with Crippen LogP contribution in [0, 0.1) is 12.7 Å². The van der Waals surface area contributed by atoms with E-state index in [1.165, 1.54) is 6.07 Å². The normalized spacial score (nSPS) is 12.6. The number of aryl methyl sites for hydroxylation is 1. The Hall–Kier alpha value is -1.09. The molecule has 14 heavy (non-hydrogen) atoms. The SMILES string of the molecule is CCOc1cc(C)c(F)cc1C(C)N. The van der Waals surface area contributed by atoms with Crippen molar-refractivity contribution >= 4 is 0 Å². The third-order valence-corrected chi connectivity index (χ3v) is 2.08. The summed E-state index contributed by atoms with van der Waals surface area (Å²) in [6.07, 6.45) is 0. The first-order chi connectivity index (χ1) is 6.56. The topological polar surface area (TPSA) is 35.2 Å². The van der Waals surface area contributed by atoms with E-state index in [9.17, 15) is 4.39 Å². The van der Waals surface area contributed by atoms with Crippen molar-refractivity contribution in [2.45, 2.75) is 26.8 Å². The highest BCUT2D eigenvalue weighted by Gasteiger charge is 2.11. The van der Waals surface area contributed by atoms with Gasteiger partial charge in [-0.15, -0.1) is 0 Å². The molecule has 0 aliphatic heterocycles. The third-order valence-electron chi connectivity index (χ3n) is 2.08. The van der Waals surface area contributed by atoms with E-state index in [4.69, 9.17) is 10.5 Å². The van der Waals surface area contributed by atoms with Gasteiger partial charge in [0.2, 0.25) is 0 Å². The molecule has 2 N–H and O–H groups in total. The van der Waals surface area contributed by atoms with Crippen LogP contribution in [-0.2, 0) is 0 Å². The van der Waals surface area contributed by atoms with Crippen molar-refractivity contribution in [3.63, 3.8) is 0 Å². The van der Waals surface area contributed by atoms with Crippen molar-refractivity contribution in [3.05, 3.63) is 29.1 Å². The van der Waals surface area contributed by atoms with Gasteiger partial charge in [-0.1, -0.05) is 0 Å². The van der Waals surface area contributed by atoms with Gasteiger partial charge in [0.25, 0.3) is 0 Å². The van der Waals surface area contributed by atoms with E-state index in [1.54, 1.807) is 13.0 Å². The second kappa shape index (κ2) is 4.42. The summed E-state index contributed by atoms with van der Waals surface area (Å²) in [5.74, 6) is 0.446. The van der Waals surface area contributed by atoms with E-state index in [0.29, 0.717) is 17.9 Å². The lowest BCUT2D eigenvalue weighted by molar-refractivity contribution is 0.333. The summed E-state index contributed by atoms with van der Waals surface area (Å²) in [4.78, 5) is 0. The zero-order valence-electron chi connectivity index (χ0n) is 8.80. The first-order valence-electron chi connectivity index (χ1n) is 4.74. The van der Waals surface area contributed by atoms with Gasteiger partial charge in [0.1, 0.15) is 11.6 Å². The Morgan fingerprint density at radius 2 is 2.14 bits per heavy atom. The van der Waals surface area contributed by atoms with Crippen molar-refractivity contribution in [3.8, 4) is 5.75 Å². The number of halogens is 1. The largest absolute Gasteiger partial charge is 0.494 e. The van der Waals surface area contributed by atoms with Crippen molar-refractivity contribution in [1.82, 2.24) is 0 Å². The van der Waals surface area contributed by atoms with E-state index >= 15 is 0 Å². The zero-order valence-corrected chi connectivity index (χ0v) is 8.80. The predicted octanol–water partition coefficient (Wildman–Crippen LogP) is 2.55. The van der Waals surface area contributed by atoms with E-state index in [2.05, 4.69) is 0 Å². The van der Waals surface area contributed by atoms with E-state index in [-0.39, 0.29) is 11.9 Å². The molecular weight excluding hydrogens is 181 g/mol. The van der Waals surface area contributed by atoms with E-state index < -0.39 is 0 Å². The van der Waals surface area contributed by atoms with Gasteiger partial charge in [-0.25, -0.2) is 4.39 Å². The van der Waals surface area contributed by atoms with Gasteiger partial charge in [0, 0.05) is 11.6 Å². The predicted molar refractivity (Wildman–Crippen MR) is 54.9 cm³/mol.